The third kappa shape index (κ3) is 10.4. The lowest BCUT2D eigenvalue weighted by molar-refractivity contribution is -0.145. The van der Waals surface area contributed by atoms with Crippen LogP contribution in [0.2, 0.25) is 0 Å². The molecule has 0 saturated heterocycles. The van der Waals surface area contributed by atoms with Gasteiger partial charge in [0.25, 0.3) is 0 Å². The van der Waals surface area contributed by atoms with E-state index < -0.39 is 23.7 Å². The Balaban J connectivity index is 3.90. The highest BCUT2D eigenvalue weighted by molar-refractivity contribution is 5.80. The van der Waals surface area contributed by atoms with Crippen molar-refractivity contribution in [3.05, 3.63) is 0 Å². The number of carbonyl (C=O) groups excluding carboxylic acids is 2. The average molecular weight is 273 g/mol. The van der Waals surface area contributed by atoms with Crippen LogP contribution < -0.4 is 5.32 Å². The molecule has 5 heteroatoms. The number of nitrogens with one attached hydrogen (secondary N) is 1. The molecule has 0 aliphatic rings. The summed E-state index contributed by atoms with van der Waals surface area (Å²) < 4.78 is 10.1. The van der Waals surface area contributed by atoms with Crippen molar-refractivity contribution in [2.75, 3.05) is 6.61 Å². The van der Waals surface area contributed by atoms with Crippen LogP contribution in [0.25, 0.3) is 0 Å². The summed E-state index contributed by atoms with van der Waals surface area (Å²) in [7, 11) is 0. The number of alkyl carbamates (subject to hydrolysis) is 1. The Morgan fingerprint density at radius 3 is 2.21 bits per heavy atom. The normalized spacial score (nSPS) is 13.0. The van der Waals surface area contributed by atoms with Crippen molar-refractivity contribution in [3.63, 3.8) is 0 Å². The second-order valence-electron chi connectivity index (χ2n) is 6.07. The van der Waals surface area contributed by atoms with Crippen LogP contribution >= 0.6 is 0 Å². The summed E-state index contributed by atoms with van der Waals surface area (Å²) in [5, 5.41) is 2.45. The SMILES string of the molecule is CC(C)CCCOC(=O)[C@H](C)NC(=O)OC(C)(C)C. The maximum absolute atomic E-state index is 11.6. The van der Waals surface area contributed by atoms with Crippen LogP contribution in [0.5, 0.6) is 0 Å². The molecule has 0 heterocycles. The molecule has 5 nitrogen and oxygen atoms in total. The highest BCUT2D eigenvalue weighted by atomic mass is 16.6. The van der Waals surface area contributed by atoms with Gasteiger partial charge in [0.15, 0.2) is 0 Å². The zero-order valence-electron chi connectivity index (χ0n) is 12.9. The van der Waals surface area contributed by atoms with Gasteiger partial charge < -0.3 is 14.8 Å². The maximum atomic E-state index is 11.6. The van der Waals surface area contributed by atoms with Crippen molar-refractivity contribution in [1.29, 1.82) is 0 Å². The molecular weight excluding hydrogens is 246 g/mol. The number of hydrogen-bond donors (Lipinski definition) is 1. The molecule has 0 aliphatic carbocycles. The van der Waals surface area contributed by atoms with Gasteiger partial charge in [0.1, 0.15) is 11.6 Å². The summed E-state index contributed by atoms with van der Waals surface area (Å²) >= 11 is 0. The molecule has 0 unspecified atom stereocenters. The smallest absolute Gasteiger partial charge is 0.408 e. The van der Waals surface area contributed by atoms with Crippen molar-refractivity contribution in [2.45, 2.75) is 66.0 Å². The Labute approximate surface area is 116 Å². The Morgan fingerprint density at radius 1 is 1.16 bits per heavy atom. The summed E-state index contributed by atoms with van der Waals surface area (Å²) in [6.07, 6.45) is 1.24. The van der Waals surface area contributed by atoms with E-state index >= 15 is 0 Å². The summed E-state index contributed by atoms with van der Waals surface area (Å²) in [6, 6.07) is -0.700. The van der Waals surface area contributed by atoms with E-state index in [0.29, 0.717) is 12.5 Å². The zero-order valence-corrected chi connectivity index (χ0v) is 12.9. The van der Waals surface area contributed by atoms with E-state index in [2.05, 4.69) is 19.2 Å². The topological polar surface area (TPSA) is 64.6 Å². The molecule has 0 spiro atoms. The van der Waals surface area contributed by atoms with Crippen molar-refractivity contribution >= 4 is 12.1 Å². The summed E-state index contributed by atoms with van der Waals surface area (Å²) in [5.41, 5.74) is -0.578. The molecule has 0 rings (SSSR count). The molecule has 0 saturated carbocycles. The van der Waals surface area contributed by atoms with Crippen LogP contribution in [0.1, 0.15) is 54.4 Å². The Bertz CT molecular complexity index is 294. The summed E-state index contributed by atoms with van der Waals surface area (Å²) in [4.78, 5) is 23.0. The van der Waals surface area contributed by atoms with Crippen LogP contribution in [-0.2, 0) is 14.3 Å². The standard InChI is InChI=1S/C14H27NO4/c1-10(2)8-7-9-18-12(16)11(3)15-13(17)19-14(4,5)6/h10-11H,7-9H2,1-6H3,(H,15,17)/t11-/m0/s1. The minimum atomic E-state index is -0.700. The predicted octanol–water partition coefficient (Wildman–Crippen LogP) is 2.88. The zero-order chi connectivity index (χ0) is 15.1. The first-order chi connectivity index (χ1) is 8.61. The first-order valence-electron chi connectivity index (χ1n) is 6.78. The van der Waals surface area contributed by atoms with Gasteiger partial charge in [-0.05, 0) is 46.5 Å². The van der Waals surface area contributed by atoms with Gasteiger partial charge >= 0.3 is 12.1 Å². The molecule has 0 bridgehead atoms. The Kier molecular flexibility index (Phi) is 7.49. The summed E-state index contributed by atoms with van der Waals surface area (Å²) in [5.74, 6) is 0.158. The van der Waals surface area contributed by atoms with Crippen molar-refractivity contribution < 1.29 is 19.1 Å². The number of esters is 1. The minimum absolute atomic E-state index is 0.386. The van der Waals surface area contributed by atoms with E-state index in [4.69, 9.17) is 9.47 Å². The third-order valence-corrected chi connectivity index (χ3v) is 2.26. The fourth-order valence-corrected chi connectivity index (χ4v) is 1.33. The first-order valence-corrected chi connectivity index (χ1v) is 6.78. The van der Waals surface area contributed by atoms with E-state index in [-0.39, 0.29) is 0 Å². The number of rotatable bonds is 6. The lowest BCUT2D eigenvalue weighted by Crippen LogP contribution is -2.42. The average Bonchev–Trinajstić information content (AvgIpc) is 2.20. The quantitative estimate of drug-likeness (QED) is 0.597. The van der Waals surface area contributed by atoms with Gasteiger partial charge in [-0.2, -0.15) is 0 Å². The lowest BCUT2D eigenvalue weighted by atomic mass is 10.1. The number of ether oxygens (including phenoxy) is 2. The maximum Gasteiger partial charge on any atom is 0.408 e. The molecular formula is C14H27NO4. The predicted molar refractivity (Wildman–Crippen MR) is 73.9 cm³/mol. The molecule has 0 fully saturated rings. The molecule has 1 N–H and O–H groups in total. The van der Waals surface area contributed by atoms with Crippen molar-refractivity contribution in [2.24, 2.45) is 5.92 Å². The van der Waals surface area contributed by atoms with E-state index in [1.807, 2.05) is 0 Å². The fourth-order valence-electron chi connectivity index (χ4n) is 1.33. The fraction of sp³-hybridized carbons (Fsp3) is 0.857. The molecule has 0 aromatic rings. The number of carbonyl (C=O) groups is 2. The van der Waals surface area contributed by atoms with Gasteiger partial charge in [-0.1, -0.05) is 13.8 Å². The third-order valence-electron chi connectivity index (χ3n) is 2.26. The van der Waals surface area contributed by atoms with Crippen LogP contribution in [-0.4, -0.2) is 30.3 Å². The van der Waals surface area contributed by atoms with Crippen molar-refractivity contribution in [1.82, 2.24) is 5.32 Å². The number of amides is 1. The Hall–Kier alpha value is -1.26. The second-order valence-corrected chi connectivity index (χ2v) is 6.07. The molecule has 0 aliphatic heterocycles. The van der Waals surface area contributed by atoms with Crippen LogP contribution in [0.3, 0.4) is 0 Å². The highest BCUT2D eigenvalue weighted by Crippen LogP contribution is 2.07. The van der Waals surface area contributed by atoms with Gasteiger partial charge in [0.2, 0.25) is 0 Å². The molecule has 1 amide bonds. The van der Waals surface area contributed by atoms with Crippen LogP contribution in [0.15, 0.2) is 0 Å². The van der Waals surface area contributed by atoms with E-state index in [1.165, 1.54) is 0 Å². The molecule has 1 atom stereocenters. The highest BCUT2D eigenvalue weighted by Gasteiger charge is 2.21. The van der Waals surface area contributed by atoms with Gasteiger partial charge in [-0.3, -0.25) is 0 Å². The van der Waals surface area contributed by atoms with Gasteiger partial charge in [-0.25, -0.2) is 9.59 Å². The van der Waals surface area contributed by atoms with Crippen LogP contribution in [0, 0.1) is 5.92 Å². The largest absolute Gasteiger partial charge is 0.464 e. The molecule has 0 radical (unpaired) electrons. The van der Waals surface area contributed by atoms with E-state index in [9.17, 15) is 9.59 Å². The van der Waals surface area contributed by atoms with Gasteiger partial charge in [-0.15, -0.1) is 0 Å². The monoisotopic (exact) mass is 273 g/mol. The first kappa shape index (κ1) is 17.7. The molecule has 0 aromatic heterocycles. The second kappa shape index (κ2) is 8.02. The molecule has 112 valence electrons. The van der Waals surface area contributed by atoms with Gasteiger partial charge in [0, 0.05) is 0 Å². The van der Waals surface area contributed by atoms with E-state index in [1.54, 1.807) is 27.7 Å². The summed E-state index contributed by atoms with van der Waals surface area (Å²) in [6.45, 7) is 11.5. The molecule has 0 aromatic carbocycles. The Morgan fingerprint density at radius 2 is 1.74 bits per heavy atom. The minimum Gasteiger partial charge on any atom is -0.464 e. The van der Waals surface area contributed by atoms with E-state index in [0.717, 1.165) is 12.8 Å². The number of hydrogen-bond acceptors (Lipinski definition) is 4. The van der Waals surface area contributed by atoms with Gasteiger partial charge in [0.05, 0.1) is 6.61 Å². The van der Waals surface area contributed by atoms with Crippen LogP contribution in [0.4, 0.5) is 4.79 Å². The van der Waals surface area contributed by atoms with Crippen molar-refractivity contribution in [3.8, 4) is 0 Å². The lowest BCUT2D eigenvalue weighted by Gasteiger charge is -2.21. The molecule has 19 heavy (non-hydrogen) atoms.